The molecule has 0 aromatic heterocycles. The number of hydrogen-bond acceptors (Lipinski definition) is 1. The smallest absolute Gasteiger partial charge is 0.0549 e. The molecule has 0 radical (unpaired) electrons. The average Bonchev–Trinajstić information content (AvgIpc) is 3.48. The highest BCUT2D eigenvalue weighted by Gasteiger charge is 2.39. The predicted molar refractivity (Wildman–Crippen MR) is 230 cm³/mol. The van der Waals surface area contributed by atoms with Gasteiger partial charge in [-0.1, -0.05) is 172 Å². The van der Waals surface area contributed by atoms with E-state index in [-0.39, 0.29) is 5.41 Å². The molecule has 0 saturated heterocycles. The Balaban J connectivity index is 1.18. The van der Waals surface area contributed by atoms with Gasteiger partial charge in [0.25, 0.3) is 0 Å². The normalized spacial score (nSPS) is 12.8. The van der Waals surface area contributed by atoms with Gasteiger partial charge < -0.3 is 4.90 Å². The zero-order valence-corrected chi connectivity index (χ0v) is 30.5. The summed E-state index contributed by atoms with van der Waals surface area (Å²) >= 11 is 0. The minimum Gasteiger partial charge on any atom is -0.310 e. The van der Waals surface area contributed by atoms with Crippen molar-refractivity contribution in [3.05, 3.63) is 211 Å². The van der Waals surface area contributed by atoms with Gasteiger partial charge in [0.2, 0.25) is 0 Å². The number of benzene rings is 9. The number of rotatable bonds is 6. The molecule has 0 bridgehead atoms. The van der Waals surface area contributed by atoms with Gasteiger partial charge in [-0.3, -0.25) is 0 Å². The molecule has 0 atom stereocenters. The molecule has 1 aliphatic rings. The summed E-state index contributed by atoms with van der Waals surface area (Å²) < 4.78 is 0. The molecule has 9 aromatic carbocycles. The molecule has 10 rings (SSSR count). The van der Waals surface area contributed by atoms with Gasteiger partial charge in [-0.15, -0.1) is 0 Å². The van der Waals surface area contributed by atoms with Crippen LogP contribution in [0.15, 0.2) is 200 Å². The van der Waals surface area contributed by atoms with Crippen LogP contribution in [0, 0.1) is 0 Å². The molecular formula is C53H39N. The lowest BCUT2D eigenvalue weighted by atomic mass is 9.80. The first-order chi connectivity index (χ1) is 26.5. The Morgan fingerprint density at radius 2 is 0.944 bits per heavy atom. The first-order valence-corrected chi connectivity index (χ1v) is 18.8. The minimum atomic E-state index is -0.160. The second kappa shape index (κ2) is 12.8. The fourth-order valence-corrected chi connectivity index (χ4v) is 8.74. The highest BCUT2D eigenvalue weighted by atomic mass is 15.1. The third-order valence-corrected chi connectivity index (χ3v) is 11.4. The van der Waals surface area contributed by atoms with Crippen LogP contribution in [-0.4, -0.2) is 0 Å². The van der Waals surface area contributed by atoms with E-state index in [0.29, 0.717) is 0 Å². The number of nitrogens with zero attached hydrogens (tertiary/aromatic N) is 1. The van der Waals surface area contributed by atoms with Gasteiger partial charge in [0.15, 0.2) is 0 Å². The molecule has 1 nitrogen and oxygen atoms in total. The summed E-state index contributed by atoms with van der Waals surface area (Å²) in [7, 11) is 0. The monoisotopic (exact) mass is 689 g/mol. The van der Waals surface area contributed by atoms with Crippen LogP contribution in [-0.2, 0) is 5.41 Å². The Morgan fingerprint density at radius 3 is 1.76 bits per heavy atom. The van der Waals surface area contributed by atoms with Gasteiger partial charge >= 0.3 is 0 Å². The topological polar surface area (TPSA) is 3.24 Å². The lowest BCUT2D eigenvalue weighted by Gasteiger charge is -2.30. The molecule has 0 N–H and O–H groups in total. The van der Waals surface area contributed by atoms with Crippen molar-refractivity contribution in [1.29, 1.82) is 0 Å². The van der Waals surface area contributed by atoms with Gasteiger partial charge in [-0.25, -0.2) is 0 Å². The van der Waals surface area contributed by atoms with E-state index in [1.807, 2.05) is 0 Å². The van der Waals surface area contributed by atoms with Crippen molar-refractivity contribution in [2.75, 3.05) is 4.90 Å². The third-order valence-electron chi connectivity index (χ3n) is 11.4. The van der Waals surface area contributed by atoms with E-state index in [1.54, 1.807) is 0 Å². The minimum absolute atomic E-state index is 0.160. The molecule has 0 fully saturated rings. The average molecular weight is 690 g/mol. The summed E-state index contributed by atoms with van der Waals surface area (Å²) in [5.41, 5.74) is 15.9. The molecule has 1 heteroatoms. The fourth-order valence-electron chi connectivity index (χ4n) is 8.74. The van der Waals surface area contributed by atoms with E-state index in [2.05, 4.69) is 219 Å². The Bertz CT molecular complexity index is 2850. The lowest BCUT2D eigenvalue weighted by molar-refractivity contribution is 0.666. The van der Waals surface area contributed by atoms with E-state index in [9.17, 15) is 0 Å². The van der Waals surface area contributed by atoms with Crippen LogP contribution in [0.4, 0.5) is 17.1 Å². The molecule has 9 aromatic rings. The van der Waals surface area contributed by atoms with Gasteiger partial charge in [0, 0.05) is 22.4 Å². The maximum absolute atomic E-state index is 2.48. The van der Waals surface area contributed by atoms with Crippen molar-refractivity contribution in [3.8, 4) is 44.5 Å². The summed E-state index contributed by atoms with van der Waals surface area (Å²) in [6.07, 6.45) is 0. The highest BCUT2D eigenvalue weighted by molar-refractivity contribution is 6.06. The number of hydrogen-bond donors (Lipinski definition) is 0. The van der Waals surface area contributed by atoms with Gasteiger partial charge in [-0.05, 0) is 114 Å². The molecular weight excluding hydrogens is 651 g/mol. The summed E-state index contributed by atoms with van der Waals surface area (Å²) in [6, 6.07) is 73.4. The molecule has 1 aliphatic carbocycles. The third kappa shape index (κ3) is 5.32. The standard InChI is InChI=1S/C53H39N/c1-53(2)49-25-11-10-24-48(49)51-50(35-44-18-8-9-23-47(44)52(51)53)54(45-30-28-38(29-31-45)43-27-26-37-16-6-7-17-39(37)33-43)46-22-13-21-42(34-46)41-20-12-19-40(32-41)36-14-4-3-5-15-36/h3-35H,1-2H3. The van der Waals surface area contributed by atoms with Crippen molar-refractivity contribution in [3.63, 3.8) is 0 Å². The molecule has 0 aliphatic heterocycles. The van der Waals surface area contributed by atoms with Gasteiger partial charge in [0.1, 0.15) is 0 Å². The number of fused-ring (bicyclic) bond motifs is 6. The van der Waals surface area contributed by atoms with Crippen LogP contribution in [0.5, 0.6) is 0 Å². The second-order valence-electron chi connectivity index (χ2n) is 15.0. The molecule has 0 unspecified atom stereocenters. The fraction of sp³-hybridized carbons (Fsp3) is 0.0566. The lowest BCUT2D eigenvalue weighted by Crippen LogP contribution is -2.17. The first-order valence-electron chi connectivity index (χ1n) is 18.8. The van der Waals surface area contributed by atoms with E-state index < -0.39 is 0 Å². The maximum Gasteiger partial charge on any atom is 0.0549 e. The molecule has 0 saturated carbocycles. The van der Waals surface area contributed by atoms with Crippen LogP contribution in [0.1, 0.15) is 25.0 Å². The van der Waals surface area contributed by atoms with Crippen molar-refractivity contribution < 1.29 is 0 Å². The first kappa shape index (κ1) is 32.0. The zero-order chi connectivity index (χ0) is 36.2. The molecule has 54 heavy (non-hydrogen) atoms. The molecule has 0 heterocycles. The van der Waals surface area contributed by atoms with Crippen LogP contribution >= 0.6 is 0 Å². The maximum atomic E-state index is 2.48. The summed E-state index contributed by atoms with van der Waals surface area (Å²) in [4.78, 5) is 2.48. The highest BCUT2D eigenvalue weighted by Crippen LogP contribution is 2.56. The van der Waals surface area contributed by atoms with Gasteiger partial charge in [0.05, 0.1) is 5.69 Å². The Kier molecular flexibility index (Phi) is 7.56. The van der Waals surface area contributed by atoms with E-state index in [1.165, 1.54) is 82.9 Å². The Hall–Kier alpha value is -6.70. The van der Waals surface area contributed by atoms with Crippen molar-refractivity contribution >= 4 is 38.6 Å². The molecule has 256 valence electrons. The van der Waals surface area contributed by atoms with Crippen LogP contribution in [0.2, 0.25) is 0 Å². The van der Waals surface area contributed by atoms with E-state index in [4.69, 9.17) is 0 Å². The molecule has 0 amide bonds. The number of anilines is 3. The van der Waals surface area contributed by atoms with Crippen LogP contribution in [0.3, 0.4) is 0 Å². The SMILES string of the molecule is CC1(C)c2ccccc2-c2c(N(c3ccc(-c4ccc5ccccc5c4)cc3)c3cccc(-c4cccc(-c5ccccc5)c4)c3)cc3ccccc3c21. The largest absolute Gasteiger partial charge is 0.310 e. The summed E-state index contributed by atoms with van der Waals surface area (Å²) in [5, 5.41) is 5.07. The predicted octanol–water partition coefficient (Wildman–Crippen LogP) is 14.8. The van der Waals surface area contributed by atoms with Crippen molar-refractivity contribution in [2.24, 2.45) is 0 Å². The summed E-state index contributed by atoms with van der Waals surface area (Å²) in [6.45, 7) is 4.77. The Morgan fingerprint density at radius 1 is 0.370 bits per heavy atom. The van der Waals surface area contributed by atoms with Crippen LogP contribution < -0.4 is 4.90 Å². The van der Waals surface area contributed by atoms with E-state index >= 15 is 0 Å². The van der Waals surface area contributed by atoms with Crippen LogP contribution in [0.25, 0.3) is 66.1 Å². The molecule has 0 spiro atoms. The summed E-state index contributed by atoms with van der Waals surface area (Å²) in [5.74, 6) is 0. The zero-order valence-electron chi connectivity index (χ0n) is 30.5. The quantitative estimate of drug-likeness (QED) is 0.168. The van der Waals surface area contributed by atoms with Crippen molar-refractivity contribution in [1.82, 2.24) is 0 Å². The Labute approximate surface area is 317 Å². The van der Waals surface area contributed by atoms with Crippen molar-refractivity contribution in [2.45, 2.75) is 19.3 Å². The van der Waals surface area contributed by atoms with E-state index in [0.717, 1.165) is 11.4 Å². The second-order valence-corrected chi connectivity index (χ2v) is 15.0. The van der Waals surface area contributed by atoms with Gasteiger partial charge in [-0.2, -0.15) is 0 Å².